The van der Waals surface area contributed by atoms with Gasteiger partial charge in [-0.05, 0) is 62.1 Å². The second kappa shape index (κ2) is 8.36. The lowest BCUT2D eigenvalue weighted by Crippen LogP contribution is -2.38. The van der Waals surface area contributed by atoms with Gasteiger partial charge in [-0.15, -0.1) is 12.4 Å². The average Bonchev–Trinajstić information content (AvgIpc) is 3.23. The summed E-state index contributed by atoms with van der Waals surface area (Å²) < 4.78 is 0. The molecule has 2 unspecified atom stereocenters. The summed E-state index contributed by atoms with van der Waals surface area (Å²) in [6, 6.07) is 8.15. The molecule has 0 bridgehead atoms. The first-order valence-corrected chi connectivity index (χ1v) is 8.78. The first-order chi connectivity index (χ1) is 10.6. The van der Waals surface area contributed by atoms with Gasteiger partial charge >= 0.3 is 0 Å². The number of rotatable bonds is 6. The van der Waals surface area contributed by atoms with Gasteiger partial charge in [0.1, 0.15) is 0 Å². The molecule has 128 valence electrons. The van der Waals surface area contributed by atoms with E-state index >= 15 is 0 Å². The van der Waals surface area contributed by atoms with Crippen LogP contribution < -0.4 is 5.73 Å². The van der Waals surface area contributed by atoms with Crippen molar-refractivity contribution in [2.75, 3.05) is 13.1 Å². The number of halogens is 2. The van der Waals surface area contributed by atoms with Crippen LogP contribution in [0.4, 0.5) is 0 Å². The SMILES string of the molecule is Cl.NC1CCC(C(=O)N(CCc2ccc(Cl)cc2)CC2CC2)C1. The number of hydrogen-bond acceptors (Lipinski definition) is 2. The Labute approximate surface area is 150 Å². The lowest BCUT2D eigenvalue weighted by Gasteiger charge is -2.26. The largest absolute Gasteiger partial charge is 0.342 e. The van der Waals surface area contributed by atoms with Crippen molar-refractivity contribution in [2.24, 2.45) is 17.6 Å². The first-order valence-electron chi connectivity index (χ1n) is 8.40. The molecule has 1 aromatic rings. The zero-order valence-electron chi connectivity index (χ0n) is 13.4. The van der Waals surface area contributed by atoms with Gasteiger partial charge in [-0.2, -0.15) is 0 Å². The summed E-state index contributed by atoms with van der Waals surface area (Å²) in [5.41, 5.74) is 7.21. The van der Waals surface area contributed by atoms with Crippen LogP contribution in [0.3, 0.4) is 0 Å². The molecule has 2 aliphatic rings. The van der Waals surface area contributed by atoms with E-state index in [0.29, 0.717) is 5.91 Å². The molecule has 0 aliphatic heterocycles. The van der Waals surface area contributed by atoms with Crippen LogP contribution >= 0.6 is 24.0 Å². The molecule has 1 amide bonds. The van der Waals surface area contributed by atoms with Crippen LogP contribution in [0.1, 0.15) is 37.7 Å². The summed E-state index contributed by atoms with van der Waals surface area (Å²) >= 11 is 5.93. The maximum Gasteiger partial charge on any atom is 0.225 e. The van der Waals surface area contributed by atoms with Crippen molar-refractivity contribution in [2.45, 2.75) is 44.6 Å². The smallest absolute Gasteiger partial charge is 0.225 e. The summed E-state index contributed by atoms with van der Waals surface area (Å²) in [6.07, 6.45) is 6.26. The van der Waals surface area contributed by atoms with Gasteiger partial charge in [0.15, 0.2) is 0 Å². The number of nitrogens with zero attached hydrogens (tertiary/aromatic N) is 1. The molecule has 0 heterocycles. The molecule has 2 atom stereocenters. The van der Waals surface area contributed by atoms with Crippen LogP contribution in [0, 0.1) is 11.8 Å². The summed E-state index contributed by atoms with van der Waals surface area (Å²) in [5.74, 6) is 1.21. The van der Waals surface area contributed by atoms with Crippen molar-refractivity contribution in [3.05, 3.63) is 34.9 Å². The van der Waals surface area contributed by atoms with E-state index < -0.39 is 0 Å². The number of carbonyl (C=O) groups is 1. The molecule has 0 aromatic heterocycles. The molecule has 2 N–H and O–H groups in total. The molecule has 23 heavy (non-hydrogen) atoms. The fourth-order valence-electron chi connectivity index (χ4n) is 3.32. The van der Waals surface area contributed by atoms with Crippen LogP contribution in [0.15, 0.2) is 24.3 Å². The molecule has 2 fully saturated rings. The third-order valence-electron chi connectivity index (χ3n) is 4.89. The highest BCUT2D eigenvalue weighted by atomic mass is 35.5. The minimum atomic E-state index is 0. The van der Waals surface area contributed by atoms with Crippen LogP contribution in [0.2, 0.25) is 5.02 Å². The Hall–Kier alpha value is -0.770. The van der Waals surface area contributed by atoms with Crippen molar-refractivity contribution in [1.29, 1.82) is 0 Å². The normalized spacial score (nSPS) is 23.4. The molecule has 2 saturated carbocycles. The Kier molecular flexibility index (Phi) is 6.75. The molecule has 0 saturated heterocycles. The minimum absolute atomic E-state index is 0. The van der Waals surface area contributed by atoms with Gasteiger partial charge in [0.2, 0.25) is 5.91 Å². The maximum atomic E-state index is 12.8. The number of benzene rings is 1. The van der Waals surface area contributed by atoms with Crippen molar-refractivity contribution in [1.82, 2.24) is 4.90 Å². The molecule has 1 aromatic carbocycles. The van der Waals surface area contributed by atoms with Gasteiger partial charge in [0.05, 0.1) is 0 Å². The number of amides is 1. The van der Waals surface area contributed by atoms with Crippen LogP contribution in [-0.2, 0) is 11.2 Å². The van der Waals surface area contributed by atoms with Crippen LogP contribution in [0.5, 0.6) is 0 Å². The second-order valence-electron chi connectivity index (χ2n) is 6.87. The Bertz CT molecular complexity index is 516. The van der Waals surface area contributed by atoms with Crippen molar-refractivity contribution < 1.29 is 4.79 Å². The monoisotopic (exact) mass is 356 g/mol. The molecule has 2 aliphatic carbocycles. The third-order valence-corrected chi connectivity index (χ3v) is 5.15. The van der Waals surface area contributed by atoms with E-state index in [4.69, 9.17) is 17.3 Å². The van der Waals surface area contributed by atoms with E-state index in [-0.39, 0.29) is 24.4 Å². The van der Waals surface area contributed by atoms with Crippen molar-refractivity contribution in [3.8, 4) is 0 Å². The Balaban J connectivity index is 0.00000192. The molecule has 0 spiro atoms. The van der Waals surface area contributed by atoms with E-state index in [2.05, 4.69) is 4.90 Å². The zero-order valence-corrected chi connectivity index (χ0v) is 15.0. The Morgan fingerprint density at radius 1 is 1.17 bits per heavy atom. The van der Waals surface area contributed by atoms with Gasteiger partial charge in [-0.1, -0.05) is 23.7 Å². The topological polar surface area (TPSA) is 46.3 Å². The fourth-order valence-corrected chi connectivity index (χ4v) is 3.44. The molecular formula is C18H26Cl2N2O. The second-order valence-corrected chi connectivity index (χ2v) is 7.31. The van der Waals surface area contributed by atoms with Gasteiger partial charge < -0.3 is 10.6 Å². The predicted octanol–water partition coefficient (Wildman–Crippen LogP) is 3.67. The van der Waals surface area contributed by atoms with E-state index in [9.17, 15) is 4.79 Å². The fraction of sp³-hybridized carbons (Fsp3) is 0.611. The highest BCUT2D eigenvalue weighted by Crippen LogP contribution is 2.32. The zero-order chi connectivity index (χ0) is 15.5. The standard InChI is InChI=1S/C18H25ClN2O.ClH/c19-16-6-3-13(4-7-16)9-10-21(12-14-1-2-14)18(22)15-5-8-17(20)11-15;/h3-4,6-7,14-15,17H,1-2,5,8-12,20H2;1H. The van der Waals surface area contributed by atoms with Gasteiger partial charge in [0.25, 0.3) is 0 Å². The molecule has 0 radical (unpaired) electrons. The van der Waals surface area contributed by atoms with E-state index in [1.54, 1.807) is 0 Å². The van der Waals surface area contributed by atoms with Gasteiger partial charge in [-0.25, -0.2) is 0 Å². The lowest BCUT2D eigenvalue weighted by atomic mass is 10.0. The number of hydrogen-bond donors (Lipinski definition) is 1. The molecular weight excluding hydrogens is 331 g/mol. The van der Waals surface area contributed by atoms with E-state index in [1.807, 2.05) is 24.3 Å². The van der Waals surface area contributed by atoms with Crippen molar-refractivity contribution >= 4 is 29.9 Å². The van der Waals surface area contributed by atoms with E-state index in [1.165, 1.54) is 18.4 Å². The summed E-state index contributed by atoms with van der Waals surface area (Å²) in [6.45, 7) is 1.74. The maximum absolute atomic E-state index is 12.8. The highest BCUT2D eigenvalue weighted by molar-refractivity contribution is 6.30. The van der Waals surface area contributed by atoms with E-state index in [0.717, 1.165) is 49.7 Å². The quantitative estimate of drug-likeness (QED) is 0.844. The average molecular weight is 357 g/mol. The molecule has 3 nitrogen and oxygen atoms in total. The van der Waals surface area contributed by atoms with Crippen molar-refractivity contribution in [3.63, 3.8) is 0 Å². The summed E-state index contributed by atoms with van der Waals surface area (Å²) in [5, 5.41) is 0.759. The molecule has 3 rings (SSSR count). The summed E-state index contributed by atoms with van der Waals surface area (Å²) in [7, 11) is 0. The number of nitrogens with two attached hydrogens (primary N) is 1. The minimum Gasteiger partial charge on any atom is -0.342 e. The number of carbonyl (C=O) groups excluding carboxylic acids is 1. The Morgan fingerprint density at radius 2 is 1.87 bits per heavy atom. The Morgan fingerprint density at radius 3 is 2.43 bits per heavy atom. The first kappa shape index (κ1) is 18.6. The lowest BCUT2D eigenvalue weighted by molar-refractivity contribution is -0.135. The third kappa shape index (κ3) is 5.37. The van der Waals surface area contributed by atoms with Gasteiger partial charge in [0, 0.05) is 30.1 Å². The van der Waals surface area contributed by atoms with Gasteiger partial charge in [-0.3, -0.25) is 4.79 Å². The van der Waals surface area contributed by atoms with Crippen LogP contribution in [-0.4, -0.2) is 29.9 Å². The predicted molar refractivity (Wildman–Crippen MR) is 97.0 cm³/mol. The summed E-state index contributed by atoms with van der Waals surface area (Å²) in [4.78, 5) is 14.9. The highest BCUT2D eigenvalue weighted by Gasteiger charge is 2.33. The molecule has 5 heteroatoms. The van der Waals surface area contributed by atoms with Crippen LogP contribution in [0.25, 0.3) is 0 Å².